The van der Waals surface area contributed by atoms with Gasteiger partial charge < -0.3 is 34.3 Å². The molecule has 1 saturated heterocycles. The van der Waals surface area contributed by atoms with Gasteiger partial charge in [-0.05, 0) is 0 Å². The van der Waals surface area contributed by atoms with Gasteiger partial charge in [0.05, 0.1) is 12.9 Å². The van der Waals surface area contributed by atoms with Gasteiger partial charge in [-0.3, -0.25) is 4.79 Å². The Kier molecular flexibility index (Phi) is 4.41. The fraction of sp³-hybridized carbons (Fsp3) is 0.583. The molecule has 1 aliphatic rings. The number of carbonyl (C=O) groups is 1. The first kappa shape index (κ1) is 14.9. The van der Waals surface area contributed by atoms with Crippen LogP contribution in [0, 0.1) is 0 Å². The van der Waals surface area contributed by atoms with Crippen molar-refractivity contribution in [3.63, 3.8) is 0 Å². The molecular formula is C12H16O8. The van der Waals surface area contributed by atoms with E-state index in [1.807, 2.05) is 0 Å². The summed E-state index contributed by atoms with van der Waals surface area (Å²) in [6, 6.07) is 1.36. The van der Waals surface area contributed by atoms with Crippen molar-refractivity contribution in [2.24, 2.45) is 0 Å². The van der Waals surface area contributed by atoms with Crippen LogP contribution in [0.2, 0.25) is 0 Å². The highest BCUT2D eigenvalue weighted by atomic mass is 16.7. The number of aliphatic hydroxyl groups excluding tert-OH is 4. The van der Waals surface area contributed by atoms with Crippen molar-refractivity contribution in [2.45, 2.75) is 37.6 Å². The molecule has 5 atom stereocenters. The molecule has 1 aromatic heterocycles. The second-order valence-electron chi connectivity index (χ2n) is 4.49. The second-order valence-corrected chi connectivity index (χ2v) is 4.49. The Bertz CT molecular complexity index is 468. The van der Waals surface area contributed by atoms with Crippen LogP contribution in [0.5, 0.6) is 5.75 Å². The number of hydrogen-bond donors (Lipinski definition) is 4. The molecule has 1 fully saturated rings. The molecule has 2 heterocycles. The second kappa shape index (κ2) is 5.90. The van der Waals surface area contributed by atoms with E-state index in [0.717, 1.165) is 0 Å². The fourth-order valence-electron chi connectivity index (χ4n) is 1.94. The Morgan fingerprint density at radius 1 is 1.30 bits per heavy atom. The summed E-state index contributed by atoms with van der Waals surface area (Å²) in [4.78, 5) is 11.3. The van der Waals surface area contributed by atoms with Gasteiger partial charge in [0.1, 0.15) is 24.4 Å². The number of furan rings is 1. The summed E-state index contributed by atoms with van der Waals surface area (Å²) < 4.78 is 15.4. The van der Waals surface area contributed by atoms with Crippen LogP contribution in [0.1, 0.15) is 17.5 Å². The molecule has 2 rings (SSSR count). The minimum Gasteiger partial charge on any atom is -0.458 e. The van der Waals surface area contributed by atoms with Crippen LogP contribution >= 0.6 is 0 Å². The molecule has 0 bridgehead atoms. The number of carbonyl (C=O) groups excluding carboxylic acids is 1. The Morgan fingerprint density at radius 2 is 2.00 bits per heavy atom. The normalized spacial score (nSPS) is 34.0. The molecule has 0 unspecified atom stereocenters. The maximum absolute atomic E-state index is 11.3. The molecule has 20 heavy (non-hydrogen) atoms. The number of ketones is 1. The van der Waals surface area contributed by atoms with E-state index in [0.29, 0.717) is 0 Å². The van der Waals surface area contributed by atoms with Crippen LogP contribution < -0.4 is 4.74 Å². The summed E-state index contributed by atoms with van der Waals surface area (Å²) in [5, 5.41) is 38.1. The van der Waals surface area contributed by atoms with Crippen molar-refractivity contribution >= 4 is 5.78 Å². The fourth-order valence-corrected chi connectivity index (χ4v) is 1.94. The molecule has 1 aliphatic heterocycles. The van der Waals surface area contributed by atoms with Crippen molar-refractivity contribution in [1.82, 2.24) is 0 Å². The Hall–Kier alpha value is -1.45. The molecule has 4 N–H and O–H groups in total. The average Bonchev–Trinajstić information content (AvgIpc) is 2.87. The van der Waals surface area contributed by atoms with Gasteiger partial charge in [-0.25, -0.2) is 0 Å². The smallest absolute Gasteiger partial charge is 0.229 e. The van der Waals surface area contributed by atoms with E-state index in [1.54, 1.807) is 0 Å². The zero-order chi connectivity index (χ0) is 14.9. The summed E-state index contributed by atoms with van der Waals surface area (Å²) in [6.45, 7) is 0.717. The Morgan fingerprint density at radius 3 is 2.60 bits per heavy atom. The standard InChI is InChI=1S/C12H16O8/c1-5(14)11-6(2-3-18-11)19-12-10(17)9(16)8(15)7(4-13)20-12/h2-3,7-10,12-13,15-17H,4H2,1H3/t7-,8-,9+,10-,12-/m0/s1. The number of Topliss-reactive ketones (excluding diaryl/α,β-unsaturated/α-hetero) is 1. The third-order valence-corrected chi connectivity index (χ3v) is 3.04. The molecule has 0 saturated carbocycles. The molecular weight excluding hydrogens is 272 g/mol. The van der Waals surface area contributed by atoms with Crippen LogP contribution in [-0.4, -0.2) is 63.5 Å². The summed E-state index contributed by atoms with van der Waals surface area (Å²) in [5.41, 5.74) is 0. The minimum absolute atomic E-state index is 0.0434. The van der Waals surface area contributed by atoms with Gasteiger partial charge >= 0.3 is 0 Å². The lowest BCUT2D eigenvalue weighted by Gasteiger charge is -2.39. The molecule has 112 valence electrons. The molecule has 0 aromatic carbocycles. The zero-order valence-electron chi connectivity index (χ0n) is 10.7. The Labute approximate surface area is 114 Å². The Balaban J connectivity index is 2.15. The van der Waals surface area contributed by atoms with E-state index in [4.69, 9.17) is 19.0 Å². The highest BCUT2D eigenvalue weighted by Gasteiger charge is 2.45. The molecule has 0 radical (unpaired) electrons. The maximum atomic E-state index is 11.3. The van der Waals surface area contributed by atoms with Crippen LogP contribution in [-0.2, 0) is 4.74 Å². The minimum atomic E-state index is -1.54. The van der Waals surface area contributed by atoms with Gasteiger partial charge in [-0.15, -0.1) is 0 Å². The molecule has 0 spiro atoms. The quantitative estimate of drug-likeness (QED) is 0.501. The summed E-state index contributed by atoms with van der Waals surface area (Å²) >= 11 is 0. The molecule has 0 aliphatic carbocycles. The van der Waals surface area contributed by atoms with E-state index in [2.05, 4.69) is 0 Å². The van der Waals surface area contributed by atoms with E-state index in [9.17, 15) is 20.1 Å². The predicted octanol–water partition coefficient (Wildman–Crippen LogP) is -1.34. The average molecular weight is 288 g/mol. The van der Waals surface area contributed by atoms with Gasteiger partial charge in [-0.2, -0.15) is 0 Å². The first-order chi connectivity index (χ1) is 9.45. The third-order valence-electron chi connectivity index (χ3n) is 3.04. The molecule has 1 aromatic rings. The van der Waals surface area contributed by atoms with E-state index < -0.39 is 37.3 Å². The van der Waals surface area contributed by atoms with Crippen LogP contribution in [0.4, 0.5) is 0 Å². The van der Waals surface area contributed by atoms with Crippen LogP contribution in [0.3, 0.4) is 0 Å². The van der Waals surface area contributed by atoms with Gasteiger partial charge in [0.2, 0.25) is 12.1 Å². The summed E-state index contributed by atoms with van der Waals surface area (Å²) in [6.07, 6.45) is -5.74. The number of rotatable bonds is 4. The van der Waals surface area contributed by atoms with Crippen molar-refractivity contribution in [1.29, 1.82) is 0 Å². The van der Waals surface area contributed by atoms with E-state index in [-0.39, 0.29) is 17.3 Å². The lowest BCUT2D eigenvalue weighted by atomic mass is 9.99. The van der Waals surface area contributed by atoms with Gasteiger partial charge in [0.15, 0.2) is 11.5 Å². The SMILES string of the molecule is CC(=O)c1occc1O[C@H]1O[C@@H](CO)[C@H](O)[C@@H](O)[C@@H]1O. The highest BCUT2D eigenvalue weighted by molar-refractivity contribution is 5.93. The topological polar surface area (TPSA) is 130 Å². The zero-order valence-corrected chi connectivity index (χ0v) is 10.7. The monoisotopic (exact) mass is 288 g/mol. The van der Waals surface area contributed by atoms with Gasteiger partial charge in [-0.1, -0.05) is 0 Å². The molecule has 8 heteroatoms. The maximum Gasteiger partial charge on any atom is 0.229 e. The van der Waals surface area contributed by atoms with Gasteiger partial charge in [0.25, 0.3) is 0 Å². The van der Waals surface area contributed by atoms with Crippen molar-refractivity contribution in [3.05, 3.63) is 18.1 Å². The summed E-state index contributed by atoms with van der Waals surface area (Å²) in [5.74, 6) is -0.390. The van der Waals surface area contributed by atoms with Crippen molar-refractivity contribution in [3.8, 4) is 5.75 Å². The first-order valence-electron chi connectivity index (χ1n) is 6.01. The highest BCUT2D eigenvalue weighted by Crippen LogP contribution is 2.27. The lowest BCUT2D eigenvalue weighted by molar-refractivity contribution is -0.277. The number of aliphatic hydroxyl groups is 4. The lowest BCUT2D eigenvalue weighted by Crippen LogP contribution is -2.60. The first-order valence-corrected chi connectivity index (χ1v) is 6.01. The van der Waals surface area contributed by atoms with E-state index >= 15 is 0 Å². The number of ether oxygens (including phenoxy) is 2. The number of hydrogen-bond acceptors (Lipinski definition) is 8. The van der Waals surface area contributed by atoms with Gasteiger partial charge in [0, 0.05) is 13.0 Å². The van der Waals surface area contributed by atoms with Crippen LogP contribution in [0.15, 0.2) is 16.7 Å². The molecule has 8 nitrogen and oxygen atoms in total. The largest absolute Gasteiger partial charge is 0.458 e. The van der Waals surface area contributed by atoms with Crippen LogP contribution in [0.25, 0.3) is 0 Å². The third kappa shape index (κ3) is 2.69. The summed E-state index contributed by atoms with van der Waals surface area (Å²) in [7, 11) is 0. The van der Waals surface area contributed by atoms with Crippen molar-refractivity contribution < 1.29 is 39.1 Å². The van der Waals surface area contributed by atoms with E-state index in [1.165, 1.54) is 19.3 Å². The van der Waals surface area contributed by atoms with Crippen molar-refractivity contribution in [2.75, 3.05) is 6.61 Å². The molecule has 0 amide bonds. The predicted molar refractivity (Wildman–Crippen MR) is 63.1 cm³/mol.